The van der Waals surface area contributed by atoms with Crippen LogP contribution in [0.5, 0.6) is 0 Å². The molecule has 26 heavy (non-hydrogen) atoms. The molecule has 1 heteroatoms. The number of fused-ring (bicyclic) bond motifs is 3. The van der Waals surface area contributed by atoms with Crippen LogP contribution in [0.3, 0.4) is 0 Å². The van der Waals surface area contributed by atoms with E-state index in [9.17, 15) is 0 Å². The van der Waals surface area contributed by atoms with E-state index in [1.165, 1.54) is 56.9 Å². The Bertz CT molecular complexity index is 562. The van der Waals surface area contributed by atoms with Crippen molar-refractivity contribution in [2.45, 2.75) is 84.0 Å². The lowest BCUT2D eigenvalue weighted by atomic mass is 9.55. The molecule has 0 nitrogen and oxygen atoms in total. The lowest BCUT2D eigenvalue weighted by molar-refractivity contribution is -0.00405. The van der Waals surface area contributed by atoms with E-state index in [1.807, 2.05) is 12.1 Å². The van der Waals surface area contributed by atoms with Gasteiger partial charge in [-0.1, -0.05) is 56.3 Å². The van der Waals surface area contributed by atoms with Gasteiger partial charge in [-0.25, -0.2) is 0 Å². The van der Waals surface area contributed by atoms with Crippen LogP contribution in [0.2, 0.25) is 5.02 Å². The molecule has 6 atom stereocenters. The summed E-state index contributed by atoms with van der Waals surface area (Å²) in [6.45, 7) is 2.37. The first-order valence-corrected chi connectivity index (χ1v) is 11.8. The van der Waals surface area contributed by atoms with Gasteiger partial charge in [0.05, 0.1) is 0 Å². The highest BCUT2D eigenvalue weighted by molar-refractivity contribution is 6.30. The average molecular weight is 373 g/mol. The van der Waals surface area contributed by atoms with Crippen molar-refractivity contribution < 1.29 is 0 Å². The summed E-state index contributed by atoms with van der Waals surface area (Å²) in [6, 6.07) is 8.52. The summed E-state index contributed by atoms with van der Waals surface area (Å²) < 4.78 is 0. The third kappa shape index (κ3) is 4.32. The van der Waals surface area contributed by atoms with Gasteiger partial charge in [0.1, 0.15) is 0 Å². The maximum atomic E-state index is 6.02. The van der Waals surface area contributed by atoms with E-state index in [4.69, 9.17) is 11.6 Å². The van der Waals surface area contributed by atoms with Crippen molar-refractivity contribution in [2.24, 2.45) is 35.5 Å². The Labute approximate surface area is 166 Å². The van der Waals surface area contributed by atoms with E-state index in [2.05, 4.69) is 19.1 Å². The van der Waals surface area contributed by atoms with Gasteiger partial charge in [0, 0.05) is 5.02 Å². The minimum atomic E-state index is 0.861. The standard InChI is InChI=1S/C25H37Cl/c1-2-3-19-8-14-24-21(16-19)10-11-22-17-20(9-15-25(22)24)5-4-18-6-12-23(26)13-7-18/h6-7,12-13,19-22,24-25H,2-5,8-11,14-17H2,1H3/t19-,20?,21-,22+,24+,25+/m1/s1. The summed E-state index contributed by atoms with van der Waals surface area (Å²) in [6.07, 6.45) is 17.8. The number of hydrogen-bond acceptors (Lipinski definition) is 0. The van der Waals surface area contributed by atoms with Crippen LogP contribution in [-0.4, -0.2) is 0 Å². The van der Waals surface area contributed by atoms with Gasteiger partial charge in [-0.3, -0.25) is 0 Å². The van der Waals surface area contributed by atoms with E-state index < -0.39 is 0 Å². The highest BCUT2D eigenvalue weighted by atomic mass is 35.5. The van der Waals surface area contributed by atoms with Crippen molar-refractivity contribution in [3.8, 4) is 0 Å². The Morgan fingerprint density at radius 3 is 1.92 bits per heavy atom. The Kier molecular flexibility index (Phi) is 6.29. The predicted molar refractivity (Wildman–Crippen MR) is 113 cm³/mol. The van der Waals surface area contributed by atoms with Crippen molar-refractivity contribution in [1.29, 1.82) is 0 Å². The molecule has 1 aromatic rings. The summed E-state index contributed by atoms with van der Waals surface area (Å²) in [5.41, 5.74) is 1.47. The lowest BCUT2D eigenvalue weighted by Gasteiger charge is -2.51. The monoisotopic (exact) mass is 372 g/mol. The Balaban J connectivity index is 1.28. The van der Waals surface area contributed by atoms with Gasteiger partial charge >= 0.3 is 0 Å². The van der Waals surface area contributed by atoms with Crippen molar-refractivity contribution in [1.82, 2.24) is 0 Å². The van der Waals surface area contributed by atoms with E-state index in [-0.39, 0.29) is 0 Å². The molecule has 0 N–H and O–H groups in total. The van der Waals surface area contributed by atoms with Crippen LogP contribution in [0.25, 0.3) is 0 Å². The van der Waals surface area contributed by atoms with Gasteiger partial charge in [-0.15, -0.1) is 0 Å². The Morgan fingerprint density at radius 1 is 0.769 bits per heavy atom. The highest BCUT2D eigenvalue weighted by Crippen LogP contribution is 2.54. The fourth-order valence-corrected chi connectivity index (χ4v) is 7.07. The van der Waals surface area contributed by atoms with Crippen LogP contribution in [-0.2, 0) is 6.42 Å². The zero-order valence-corrected chi connectivity index (χ0v) is 17.4. The van der Waals surface area contributed by atoms with Crippen LogP contribution in [0.4, 0.5) is 0 Å². The van der Waals surface area contributed by atoms with Gasteiger partial charge in [0.15, 0.2) is 0 Å². The molecule has 1 aromatic carbocycles. The summed E-state index contributed by atoms with van der Waals surface area (Å²) >= 11 is 6.02. The Morgan fingerprint density at radius 2 is 1.35 bits per heavy atom. The predicted octanol–water partition coefficient (Wildman–Crippen LogP) is 7.93. The second kappa shape index (κ2) is 8.68. The number of rotatable bonds is 5. The largest absolute Gasteiger partial charge is 0.0843 e. The molecule has 3 saturated carbocycles. The number of hydrogen-bond donors (Lipinski definition) is 0. The zero-order valence-electron chi connectivity index (χ0n) is 16.6. The molecule has 3 fully saturated rings. The third-order valence-electron chi connectivity index (χ3n) is 8.21. The van der Waals surface area contributed by atoms with Gasteiger partial charge in [-0.2, -0.15) is 0 Å². The smallest absolute Gasteiger partial charge is 0.0406 e. The number of benzene rings is 1. The molecule has 0 spiro atoms. The molecule has 0 saturated heterocycles. The zero-order chi connectivity index (χ0) is 17.9. The second-order valence-electron chi connectivity index (χ2n) is 9.74. The first-order chi connectivity index (χ1) is 12.7. The van der Waals surface area contributed by atoms with E-state index in [0.29, 0.717) is 0 Å². The van der Waals surface area contributed by atoms with Gasteiger partial charge in [0.2, 0.25) is 0 Å². The van der Waals surface area contributed by atoms with Crippen LogP contribution < -0.4 is 0 Å². The summed E-state index contributed by atoms with van der Waals surface area (Å²) in [5.74, 6) is 6.37. The molecular formula is C25H37Cl. The van der Waals surface area contributed by atoms with E-state index in [1.54, 1.807) is 25.7 Å². The number of halogens is 1. The minimum Gasteiger partial charge on any atom is -0.0843 e. The average Bonchev–Trinajstić information content (AvgIpc) is 2.67. The molecular weight excluding hydrogens is 336 g/mol. The van der Waals surface area contributed by atoms with Crippen molar-refractivity contribution in [2.75, 3.05) is 0 Å². The van der Waals surface area contributed by atoms with Crippen LogP contribution in [0.15, 0.2) is 24.3 Å². The molecule has 3 aliphatic carbocycles. The first kappa shape index (κ1) is 18.9. The molecule has 0 bridgehead atoms. The molecule has 0 aliphatic heterocycles. The van der Waals surface area contributed by atoms with E-state index >= 15 is 0 Å². The molecule has 144 valence electrons. The molecule has 3 aliphatic rings. The summed E-state index contributed by atoms with van der Waals surface area (Å²) in [7, 11) is 0. The fourth-order valence-electron chi connectivity index (χ4n) is 6.94. The van der Waals surface area contributed by atoms with Crippen molar-refractivity contribution >= 4 is 11.6 Å². The van der Waals surface area contributed by atoms with E-state index in [0.717, 1.165) is 40.5 Å². The molecule has 1 unspecified atom stereocenters. The quantitative estimate of drug-likeness (QED) is 0.492. The number of aryl methyl sites for hydroxylation is 1. The molecule has 0 amide bonds. The normalized spacial score (nSPS) is 37.0. The maximum absolute atomic E-state index is 6.02. The minimum absolute atomic E-state index is 0.861. The van der Waals surface area contributed by atoms with Crippen molar-refractivity contribution in [3.63, 3.8) is 0 Å². The molecule has 4 rings (SSSR count). The maximum Gasteiger partial charge on any atom is 0.0406 e. The van der Waals surface area contributed by atoms with Crippen LogP contribution in [0.1, 0.15) is 83.1 Å². The van der Waals surface area contributed by atoms with Gasteiger partial charge < -0.3 is 0 Å². The second-order valence-corrected chi connectivity index (χ2v) is 10.2. The topological polar surface area (TPSA) is 0 Å². The lowest BCUT2D eigenvalue weighted by Crippen LogP contribution is -2.41. The van der Waals surface area contributed by atoms with Crippen LogP contribution in [0, 0.1) is 35.5 Å². The SMILES string of the molecule is CCC[C@@H]1CC[C@H]2[C@H](CC[C@H]3CC(CCc4ccc(Cl)cc4)CC[C@@H]32)C1. The molecule has 0 aromatic heterocycles. The highest BCUT2D eigenvalue weighted by Gasteiger charge is 2.44. The third-order valence-corrected chi connectivity index (χ3v) is 8.46. The fraction of sp³-hybridized carbons (Fsp3) is 0.760. The molecule has 0 radical (unpaired) electrons. The van der Waals surface area contributed by atoms with Gasteiger partial charge in [0.25, 0.3) is 0 Å². The summed E-state index contributed by atoms with van der Waals surface area (Å²) in [4.78, 5) is 0. The molecule has 0 heterocycles. The van der Waals surface area contributed by atoms with Crippen LogP contribution >= 0.6 is 11.6 Å². The van der Waals surface area contributed by atoms with Gasteiger partial charge in [-0.05, 0) is 105 Å². The van der Waals surface area contributed by atoms with Crippen molar-refractivity contribution in [3.05, 3.63) is 34.9 Å². The summed E-state index contributed by atoms with van der Waals surface area (Å²) in [5, 5.41) is 0.861. The first-order valence-electron chi connectivity index (χ1n) is 11.5. The Hall–Kier alpha value is -0.490.